The first kappa shape index (κ1) is 25.4. The number of esters is 1. The van der Waals surface area contributed by atoms with Crippen LogP contribution in [0.1, 0.15) is 55.1 Å². The summed E-state index contributed by atoms with van der Waals surface area (Å²) in [6.07, 6.45) is -0.692. The highest BCUT2D eigenvalue weighted by molar-refractivity contribution is 6.04. The van der Waals surface area contributed by atoms with Crippen LogP contribution in [-0.4, -0.2) is 28.8 Å². The number of hydrogen-bond acceptors (Lipinski definition) is 4. The second kappa shape index (κ2) is 8.76. The van der Waals surface area contributed by atoms with Gasteiger partial charge in [0.1, 0.15) is 5.82 Å². The van der Waals surface area contributed by atoms with E-state index in [2.05, 4.69) is 10.4 Å². The SMILES string of the molecule is COC(=O)c1cc(NC(=O)C2(c3ccc(C(F)(F)F)cc3F)CC2)ccc1-c1cnn(C(C)(C)C)c1. The van der Waals surface area contributed by atoms with E-state index in [1.165, 1.54) is 13.2 Å². The number of amides is 1. The summed E-state index contributed by atoms with van der Waals surface area (Å²) in [5, 5.41) is 7.04. The highest BCUT2D eigenvalue weighted by atomic mass is 19.4. The predicted octanol–water partition coefficient (Wildman–Crippen LogP) is 5.92. The van der Waals surface area contributed by atoms with E-state index >= 15 is 0 Å². The summed E-state index contributed by atoms with van der Waals surface area (Å²) >= 11 is 0. The van der Waals surface area contributed by atoms with Crippen molar-refractivity contribution in [3.05, 3.63) is 71.3 Å². The number of hydrogen-bond donors (Lipinski definition) is 1. The van der Waals surface area contributed by atoms with Crippen LogP contribution in [0.15, 0.2) is 48.8 Å². The maximum absolute atomic E-state index is 14.6. The number of carbonyl (C=O) groups excluding carboxylic acids is 2. The molecule has 1 fully saturated rings. The Morgan fingerprint density at radius 3 is 2.31 bits per heavy atom. The maximum Gasteiger partial charge on any atom is 0.416 e. The molecule has 4 rings (SSSR count). The van der Waals surface area contributed by atoms with Crippen molar-refractivity contribution in [2.45, 2.75) is 50.7 Å². The number of halogens is 4. The molecule has 0 bridgehead atoms. The molecular formula is C26H25F4N3O3. The Kier molecular flexibility index (Phi) is 6.18. The van der Waals surface area contributed by atoms with Crippen molar-refractivity contribution in [2.75, 3.05) is 12.4 Å². The van der Waals surface area contributed by atoms with E-state index in [-0.39, 0.29) is 35.2 Å². The van der Waals surface area contributed by atoms with Gasteiger partial charge in [-0.1, -0.05) is 12.1 Å². The minimum Gasteiger partial charge on any atom is -0.465 e. The predicted molar refractivity (Wildman–Crippen MR) is 125 cm³/mol. The Balaban J connectivity index is 1.63. The lowest BCUT2D eigenvalue weighted by Gasteiger charge is -2.19. The monoisotopic (exact) mass is 503 g/mol. The molecule has 0 atom stereocenters. The molecule has 1 aliphatic rings. The summed E-state index contributed by atoms with van der Waals surface area (Å²) in [4.78, 5) is 25.7. The number of aromatic nitrogens is 2. The summed E-state index contributed by atoms with van der Waals surface area (Å²) in [5.74, 6) is -2.27. The molecule has 10 heteroatoms. The van der Waals surface area contributed by atoms with Gasteiger partial charge in [-0.2, -0.15) is 18.3 Å². The topological polar surface area (TPSA) is 73.2 Å². The number of nitrogens with one attached hydrogen (secondary N) is 1. The van der Waals surface area contributed by atoms with Crippen molar-refractivity contribution < 1.29 is 31.9 Å². The van der Waals surface area contributed by atoms with E-state index in [9.17, 15) is 27.2 Å². The van der Waals surface area contributed by atoms with Crippen LogP contribution in [0.2, 0.25) is 0 Å². The van der Waals surface area contributed by atoms with E-state index in [1.54, 1.807) is 29.2 Å². The molecule has 2 aromatic carbocycles. The van der Waals surface area contributed by atoms with Crippen LogP contribution in [0.3, 0.4) is 0 Å². The zero-order valence-electron chi connectivity index (χ0n) is 20.2. The van der Waals surface area contributed by atoms with E-state index < -0.39 is 34.8 Å². The Bertz CT molecular complexity index is 1330. The van der Waals surface area contributed by atoms with Crippen LogP contribution in [0.25, 0.3) is 11.1 Å². The normalized spacial score (nSPS) is 14.9. The molecule has 1 aliphatic carbocycles. The third kappa shape index (κ3) is 4.72. The standard InChI is InChI=1S/C26H25F4N3O3/c1-24(2,3)33-14-15(13-31-33)18-7-6-17(12-19(18)22(34)36-4)32-23(35)25(9-10-25)20-8-5-16(11-21(20)27)26(28,29)30/h5-8,11-14H,9-10H2,1-4H3,(H,32,35). The molecule has 3 aromatic rings. The molecule has 1 aromatic heterocycles. The summed E-state index contributed by atoms with van der Waals surface area (Å²) < 4.78 is 60.0. The number of methoxy groups -OCH3 is 1. The smallest absolute Gasteiger partial charge is 0.416 e. The first-order valence-electron chi connectivity index (χ1n) is 11.2. The molecular weight excluding hydrogens is 478 g/mol. The van der Waals surface area contributed by atoms with Crippen molar-refractivity contribution in [3.8, 4) is 11.1 Å². The number of rotatable bonds is 5. The number of carbonyl (C=O) groups is 2. The number of benzene rings is 2. The fourth-order valence-corrected chi connectivity index (χ4v) is 4.06. The lowest BCUT2D eigenvalue weighted by atomic mass is 9.93. The van der Waals surface area contributed by atoms with Crippen molar-refractivity contribution >= 4 is 17.6 Å². The van der Waals surface area contributed by atoms with E-state index in [0.29, 0.717) is 17.2 Å². The van der Waals surface area contributed by atoms with Crippen LogP contribution < -0.4 is 5.32 Å². The molecule has 6 nitrogen and oxygen atoms in total. The summed E-state index contributed by atoms with van der Waals surface area (Å²) in [7, 11) is 1.24. The molecule has 0 unspecified atom stereocenters. The van der Waals surface area contributed by atoms with Crippen LogP contribution >= 0.6 is 0 Å². The molecule has 1 saturated carbocycles. The van der Waals surface area contributed by atoms with Crippen LogP contribution in [0.5, 0.6) is 0 Å². The molecule has 0 spiro atoms. The van der Waals surface area contributed by atoms with Gasteiger partial charge in [0.05, 0.1) is 35.4 Å². The average molecular weight is 503 g/mol. The fraction of sp³-hybridized carbons (Fsp3) is 0.346. The maximum atomic E-state index is 14.6. The minimum absolute atomic E-state index is 0.0904. The van der Waals surface area contributed by atoms with Crippen molar-refractivity contribution in [2.24, 2.45) is 0 Å². The highest BCUT2D eigenvalue weighted by Gasteiger charge is 2.53. The molecule has 1 N–H and O–H groups in total. The van der Waals surface area contributed by atoms with Crippen LogP contribution in [0, 0.1) is 5.82 Å². The fourth-order valence-electron chi connectivity index (χ4n) is 4.06. The summed E-state index contributed by atoms with van der Waals surface area (Å²) in [6.45, 7) is 5.95. The Morgan fingerprint density at radius 1 is 1.08 bits per heavy atom. The Labute approximate surface area is 205 Å². The first-order chi connectivity index (χ1) is 16.8. The largest absolute Gasteiger partial charge is 0.465 e. The Hall–Kier alpha value is -3.69. The van der Waals surface area contributed by atoms with Crippen LogP contribution in [0.4, 0.5) is 23.2 Å². The molecule has 190 valence electrons. The van der Waals surface area contributed by atoms with Gasteiger partial charge in [0.15, 0.2) is 0 Å². The molecule has 1 heterocycles. The zero-order valence-corrected chi connectivity index (χ0v) is 20.2. The highest BCUT2D eigenvalue weighted by Crippen LogP contribution is 2.50. The zero-order chi connectivity index (χ0) is 26.5. The number of alkyl halides is 3. The van der Waals surface area contributed by atoms with Gasteiger partial charge >= 0.3 is 12.1 Å². The van der Waals surface area contributed by atoms with Gasteiger partial charge < -0.3 is 10.1 Å². The van der Waals surface area contributed by atoms with E-state index in [4.69, 9.17) is 4.74 Å². The van der Waals surface area contributed by atoms with Crippen molar-refractivity contribution in [1.82, 2.24) is 9.78 Å². The van der Waals surface area contributed by atoms with Crippen molar-refractivity contribution in [1.29, 1.82) is 0 Å². The Morgan fingerprint density at radius 2 is 1.78 bits per heavy atom. The lowest BCUT2D eigenvalue weighted by molar-refractivity contribution is -0.137. The van der Waals surface area contributed by atoms with E-state index in [1.807, 2.05) is 20.8 Å². The lowest BCUT2D eigenvalue weighted by Crippen LogP contribution is -2.29. The van der Waals surface area contributed by atoms with Gasteiger partial charge in [0.2, 0.25) is 5.91 Å². The van der Waals surface area contributed by atoms with E-state index in [0.717, 1.165) is 12.1 Å². The second-order valence-corrected chi connectivity index (χ2v) is 9.82. The molecule has 0 aliphatic heterocycles. The second-order valence-electron chi connectivity index (χ2n) is 9.82. The van der Waals surface area contributed by atoms with Gasteiger partial charge in [-0.05, 0) is 63.4 Å². The summed E-state index contributed by atoms with van der Waals surface area (Å²) in [5.41, 5.74) is -1.07. The number of ether oxygens (including phenoxy) is 1. The third-order valence-electron chi connectivity index (χ3n) is 6.26. The molecule has 1 amide bonds. The van der Waals surface area contributed by atoms with Crippen LogP contribution in [-0.2, 0) is 26.7 Å². The molecule has 0 saturated heterocycles. The van der Waals surface area contributed by atoms with Gasteiger partial charge in [-0.15, -0.1) is 0 Å². The third-order valence-corrected chi connectivity index (χ3v) is 6.26. The van der Waals surface area contributed by atoms with Crippen molar-refractivity contribution in [3.63, 3.8) is 0 Å². The summed E-state index contributed by atoms with van der Waals surface area (Å²) in [6, 6.07) is 6.88. The molecule has 0 radical (unpaired) electrons. The van der Waals surface area contributed by atoms with Gasteiger partial charge in [0.25, 0.3) is 0 Å². The minimum atomic E-state index is -4.69. The molecule has 36 heavy (non-hydrogen) atoms. The number of anilines is 1. The average Bonchev–Trinajstić information content (AvgIpc) is 3.45. The van der Waals surface area contributed by atoms with Gasteiger partial charge in [-0.25, -0.2) is 9.18 Å². The first-order valence-corrected chi connectivity index (χ1v) is 11.2. The van der Waals surface area contributed by atoms with Gasteiger partial charge in [-0.3, -0.25) is 9.48 Å². The number of nitrogens with zero attached hydrogens (tertiary/aromatic N) is 2. The van der Waals surface area contributed by atoms with Gasteiger partial charge in [0, 0.05) is 23.0 Å². The quantitative estimate of drug-likeness (QED) is 0.347.